The van der Waals surface area contributed by atoms with Crippen molar-refractivity contribution in [1.29, 1.82) is 0 Å². The summed E-state index contributed by atoms with van der Waals surface area (Å²) in [5.74, 6) is -3.68. The van der Waals surface area contributed by atoms with Gasteiger partial charge in [-0.25, -0.2) is 8.78 Å². The lowest BCUT2D eigenvalue weighted by Crippen LogP contribution is -2.49. The van der Waals surface area contributed by atoms with E-state index in [4.69, 9.17) is 28.3 Å². The van der Waals surface area contributed by atoms with Gasteiger partial charge in [-0.3, -0.25) is 9.59 Å². The summed E-state index contributed by atoms with van der Waals surface area (Å²) in [6.45, 7) is 5.48. The summed E-state index contributed by atoms with van der Waals surface area (Å²) in [4.78, 5) is 27.6. The third-order valence-electron chi connectivity index (χ3n) is 7.29. The molecule has 0 bridgehead atoms. The van der Waals surface area contributed by atoms with E-state index in [0.29, 0.717) is 12.1 Å². The van der Waals surface area contributed by atoms with Gasteiger partial charge in [0.2, 0.25) is 11.8 Å². The molecule has 7 nitrogen and oxygen atoms in total. The lowest BCUT2D eigenvalue weighted by molar-refractivity contribution is -0.124. The Hall–Kier alpha value is -2.30. The van der Waals surface area contributed by atoms with Crippen LogP contribution in [0, 0.1) is 17.0 Å². The molecule has 0 radical (unpaired) electrons. The number of carbonyl (C=O) groups excluding carboxylic acids is 2. The number of hydrogen-bond acceptors (Lipinski definition) is 5. The molecule has 38 heavy (non-hydrogen) atoms. The van der Waals surface area contributed by atoms with Crippen molar-refractivity contribution in [2.24, 2.45) is 5.41 Å². The summed E-state index contributed by atoms with van der Waals surface area (Å²) in [7, 11) is 0. The van der Waals surface area contributed by atoms with Gasteiger partial charge in [0.15, 0.2) is 0 Å². The van der Waals surface area contributed by atoms with Gasteiger partial charge in [0, 0.05) is 24.2 Å². The minimum atomic E-state index is -1.58. The zero-order valence-electron chi connectivity index (χ0n) is 21.2. The molecular formula is C27H31Cl2F2N3O4. The van der Waals surface area contributed by atoms with Gasteiger partial charge >= 0.3 is 0 Å². The van der Waals surface area contributed by atoms with E-state index in [2.05, 4.69) is 16.0 Å². The minimum absolute atomic E-state index is 0.0352. The molecule has 0 saturated carbocycles. The fraction of sp³-hybridized carbons (Fsp3) is 0.481. The van der Waals surface area contributed by atoms with Crippen LogP contribution in [0.15, 0.2) is 30.3 Å². The second kappa shape index (κ2) is 10.7. The fourth-order valence-corrected chi connectivity index (χ4v) is 6.07. The third-order valence-corrected chi connectivity index (χ3v) is 7.87. The van der Waals surface area contributed by atoms with Crippen molar-refractivity contribution in [3.63, 3.8) is 0 Å². The van der Waals surface area contributed by atoms with E-state index in [-0.39, 0.29) is 39.6 Å². The summed E-state index contributed by atoms with van der Waals surface area (Å²) >= 11 is 12.2. The Bertz CT molecular complexity index is 1260. The molecule has 0 aliphatic carbocycles. The van der Waals surface area contributed by atoms with Crippen molar-refractivity contribution in [2.75, 3.05) is 18.5 Å². The zero-order chi connectivity index (χ0) is 28.0. The number of carbonyl (C=O) groups is 2. The molecule has 2 amide bonds. The molecule has 2 aliphatic heterocycles. The van der Waals surface area contributed by atoms with E-state index in [1.54, 1.807) is 0 Å². The van der Waals surface area contributed by atoms with Gasteiger partial charge < -0.3 is 26.2 Å². The first-order valence-corrected chi connectivity index (χ1v) is 13.1. The Morgan fingerprint density at radius 1 is 1.21 bits per heavy atom. The second-order valence-corrected chi connectivity index (χ2v) is 11.9. The van der Waals surface area contributed by atoms with E-state index in [1.807, 2.05) is 20.8 Å². The van der Waals surface area contributed by atoms with E-state index in [1.165, 1.54) is 30.3 Å². The molecule has 11 heteroatoms. The van der Waals surface area contributed by atoms with E-state index in [9.17, 15) is 19.1 Å². The molecule has 2 aliphatic rings. The number of rotatable bonds is 7. The van der Waals surface area contributed by atoms with Gasteiger partial charge in [-0.1, -0.05) is 56.1 Å². The van der Waals surface area contributed by atoms with Gasteiger partial charge in [-0.15, -0.1) is 0 Å². The molecule has 1 saturated heterocycles. The SMILES string of the molecule is CC(C)(C)C[C@H]1N[C@@H](C(=O)NCC[C@@H](O)CO)[C@H](c2cccc(Cl)c2F)[C@@]12C(=O)Nc1cc(Cl)c(F)cc12. The molecule has 5 N–H and O–H groups in total. The monoisotopic (exact) mass is 569 g/mol. The molecule has 5 atom stereocenters. The Morgan fingerprint density at radius 3 is 2.58 bits per heavy atom. The van der Waals surface area contributed by atoms with Crippen molar-refractivity contribution in [3.05, 3.63) is 63.1 Å². The molecule has 2 aromatic carbocycles. The minimum Gasteiger partial charge on any atom is -0.394 e. The Kier molecular flexibility index (Phi) is 8.08. The number of fused-ring (bicyclic) bond motifs is 2. The van der Waals surface area contributed by atoms with Crippen molar-refractivity contribution >= 4 is 40.7 Å². The van der Waals surface area contributed by atoms with Crippen LogP contribution in [0.4, 0.5) is 14.5 Å². The Morgan fingerprint density at radius 2 is 1.92 bits per heavy atom. The van der Waals surface area contributed by atoms with Crippen LogP contribution in [0.3, 0.4) is 0 Å². The Labute approximate surface area is 229 Å². The lowest BCUT2D eigenvalue weighted by Gasteiger charge is -2.37. The van der Waals surface area contributed by atoms with Gasteiger partial charge in [0.1, 0.15) is 17.0 Å². The summed E-state index contributed by atoms with van der Waals surface area (Å²) in [6, 6.07) is 5.07. The molecule has 0 aromatic heterocycles. The van der Waals surface area contributed by atoms with E-state index >= 15 is 4.39 Å². The summed E-state index contributed by atoms with van der Waals surface area (Å²) in [6.07, 6.45) is -0.543. The Balaban J connectivity index is 1.92. The highest BCUT2D eigenvalue weighted by Crippen LogP contribution is 2.57. The van der Waals surface area contributed by atoms with Crippen molar-refractivity contribution in [1.82, 2.24) is 10.6 Å². The summed E-state index contributed by atoms with van der Waals surface area (Å²) < 4.78 is 30.6. The first kappa shape index (κ1) is 28.7. The maximum Gasteiger partial charge on any atom is 0.237 e. The molecule has 206 valence electrons. The quantitative estimate of drug-likeness (QED) is 0.347. The van der Waals surface area contributed by atoms with Gasteiger partial charge in [0.05, 0.1) is 28.8 Å². The average molecular weight is 570 g/mol. The first-order valence-electron chi connectivity index (χ1n) is 12.4. The number of aliphatic hydroxyl groups excluding tert-OH is 2. The second-order valence-electron chi connectivity index (χ2n) is 11.1. The van der Waals surface area contributed by atoms with Crippen LogP contribution in [0.25, 0.3) is 0 Å². The highest BCUT2D eigenvalue weighted by molar-refractivity contribution is 6.31. The topological polar surface area (TPSA) is 111 Å². The zero-order valence-corrected chi connectivity index (χ0v) is 22.8. The van der Waals surface area contributed by atoms with Crippen LogP contribution in [0.5, 0.6) is 0 Å². The van der Waals surface area contributed by atoms with Gasteiger partial charge in [0.25, 0.3) is 0 Å². The molecule has 1 spiro atoms. The normalized spacial score (nSPS) is 25.4. The smallest absolute Gasteiger partial charge is 0.237 e. The van der Waals surface area contributed by atoms with Crippen molar-refractivity contribution in [3.8, 4) is 0 Å². The van der Waals surface area contributed by atoms with Gasteiger partial charge in [-0.05, 0) is 47.6 Å². The molecule has 4 rings (SSSR count). The van der Waals surface area contributed by atoms with E-state index in [0.717, 1.165) is 0 Å². The number of anilines is 1. The molecule has 2 heterocycles. The highest BCUT2D eigenvalue weighted by Gasteiger charge is 2.66. The number of amides is 2. The van der Waals surface area contributed by atoms with Gasteiger partial charge in [-0.2, -0.15) is 0 Å². The van der Waals surface area contributed by atoms with Crippen molar-refractivity contribution < 1.29 is 28.6 Å². The predicted octanol–water partition coefficient (Wildman–Crippen LogP) is 3.88. The first-order chi connectivity index (χ1) is 17.8. The third kappa shape index (κ3) is 5.02. The maximum absolute atomic E-state index is 15.7. The molecule has 0 unspecified atom stereocenters. The number of aliphatic hydroxyl groups is 2. The standard InChI is InChI=1S/C27H31Cl2F2N3O4/c1-26(2,3)11-20-27(15-9-18(30)17(29)10-19(15)33-25(27)38)21(14-5-4-6-16(28)22(14)31)23(34-20)24(37)32-8-7-13(36)12-35/h4-6,9-10,13,20-21,23,34-36H,7-8,11-12H2,1-3H3,(H,32,37)(H,33,38)/t13-,20-,21+,23-,27+/m1/s1. The lowest BCUT2D eigenvalue weighted by atomic mass is 9.62. The fourth-order valence-electron chi connectivity index (χ4n) is 5.73. The van der Waals surface area contributed by atoms with Crippen LogP contribution in [0.1, 0.15) is 50.7 Å². The van der Waals surface area contributed by atoms with Crippen LogP contribution < -0.4 is 16.0 Å². The predicted molar refractivity (Wildman–Crippen MR) is 141 cm³/mol. The maximum atomic E-state index is 15.7. The number of benzene rings is 2. The number of nitrogens with one attached hydrogen (secondary N) is 3. The summed E-state index contributed by atoms with van der Waals surface area (Å²) in [5.41, 5.74) is -1.31. The summed E-state index contributed by atoms with van der Waals surface area (Å²) in [5, 5.41) is 27.2. The van der Waals surface area contributed by atoms with Crippen LogP contribution in [-0.2, 0) is 15.0 Å². The van der Waals surface area contributed by atoms with Crippen LogP contribution in [0.2, 0.25) is 10.0 Å². The molecular weight excluding hydrogens is 539 g/mol. The average Bonchev–Trinajstić information content (AvgIpc) is 3.30. The molecule has 1 fully saturated rings. The largest absolute Gasteiger partial charge is 0.394 e. The molecule has 2 aromatic rings. The van der Waals surface area contributed by atoms with Crippen LogP contribution >= 0.6 is 23.2 Å². The number of halogens is 4. The number of hydrogen-bond donors (Lipinski definition) is 5. The van der Waals surface area contributed by atoms with Crippen LogP contribution in [-0.4, -0.2) is 53.4 Å². The highest BCUT2D eigenvalue weighted by atomic mass is 35.5. The van der Waals surface area contributed by atoms with Crippen molar-refractivity contribution in [2.45, 2.75) is 63.1 Å². The van der Waals surface area contributed by atoms with E-state index < -0.39 is 59.6 Å².